The number of aromatic nitrogens is 2. The van der Waals surface area contributed by atoms with Crippen molar-refractivity contribution in [1.29, 1.82) is 0 Å². The van der Waals surface area contributed by atoms with Crippen molar-refractivity contribution in [3.8, 4) is 11.8 Å². The number of nitrogens with one attached hydrogen (secondary N) is 1. The number of rotatable bonds is 1. The third kappa shape index (κ3) is 2.62. The Hall–Kier alpha value is -3.06. The Kier molecular flexibility index (Phi) is 3.75. The number of likely N-dealkylation sites (tertiary alicyclic amines) is 1. The summed E-state index contributed by atoms with van der Waals surface area (Å²) < 4.78 is 0. The van der Waals surface area contributed by atoms with Crippen LogP contribution in [0.2, 0.25) is 0 Å². The molecule has 1 aliphatic heterocycles. The molecule has 2 atom stereocenters. The van der Waals surface area contributed by atoms with Crippen molar-refractivity contribution in [2.75, 3.05) is 6.54 Å². The highest BCUT2D eigenvalue weighted by molar-refractivity contribution is 5.97. The van der Waals surface area contributed by atoms with Gasteiger partial charge in [0.15, 0.2) is 0 Å². The molecule has 1 amide bonds. The SMILES string of the molecule is CC#Cc1ccc2c(c1)C1CCCN(C(=O)c3ccc4nc[nH]c4c3)[C@H]1C2. The first-order valence-corrected chi connectivity index (χ1v) is 9.54. The minimum absolute atomic E-state index is 0.127. The van der Waals surface area contributed by atoms with Gasteiger partial charge < -0.3 is 9.88 Å². The van der Waals surface area contributed by atoms with Crippen LogP contribution in [0.3, 0.4) is 0 Å². The summed E-state index contributed by atoms with van der Waals surface area (Å²) in [4.78, 5) is 22.7. The number of nitrogens with zero attached hydrogens (tertiary/aromatic N) is 2. The number of piperidine rings is 1. The minimum Gasteiger partial charge on any atom is -0.345 e. The molecule has 0 radical (unpaired) electrons. The lowest BCUT2D eigenvalue weighted by molar-refractivity contribution is 0.0595. The lowest BCUT2D eigenvalue weighted by Gasteiger charge is -2.38. The topological polar surface area (TPSA) is 49.0 Å². The highest BCUT2D eigenvalue weighted by atomic mass is 16.2. The standard InChI is InChI=1S/C23H21N3O/c1-2-4-15-6-7-16-13-22-18(19(16)11-15)5-3-10-26(22)23(27)17-8-9-20-21(12-17)25-14-24-20/h6-9,11-12,14,18,22H,3,5,10,13H2,1H3,(H,24,25)/t18?,22-/m0/s1. The van der Waals surface area contributed by atoms with Crippen LogP contribution in [0.5, 0.6) is 0 Å². The van der Waals surface area contributed by atoms with Crippen molar-refractivity contribution in [2.24, 2.45) is 0 Å². The molecule has 2 aromatic carbocycles. The molecule has 1 N–H and O–H groups in total. The number of fused-ring (bicyclic) bond motifs is 4. The smallest absolute Gasteiger partial charge is 0.254 e. The van der Waals surface area contributed by atoms with Crippen LogP contribution < -0.4 is 0 Å². The highest BCUT2D eigenvalue weighted by Gasteiger charge is 2.40. The Bertz CT molecular complexity index is 1100. The normalized spacial score (nSPS) is 20.7. The fourth-order valence-corrected chi connectivity index (χ4v) is 4.73. The fourth-order valence-electron chi connectivity index (χ4n) is 4.73. The van der Waals surface area contributed by atoms with E-state index in [1.54, 1.807) is 6.33 Å². The van der Waals surface area contributed by atoms with Crippen molar-refractivity contribution in [3.05, 3.63) is 65.0 Å². The number of hydrogen-bond donors (Lipinski definition) is 1. The molecule has 3 aromatic rings. The lowest BCUT2D eigenvalue weighted by atomic mass is 9.87. The van der Waals surface area contributed by atoms with Crippen molar-refractivity contribution in [2.45, 2.75) is 38.1 Å². The third-order valence-electron chi connectivity index (χ3n) is 5.95. The van der Waals surface area contributed by atoms with E-state index in [0.29, 0.717) is 5.92 Å². The molecule has 1 saturated heterocycles. The van der Waals surface area contributed by atoms with Crippen LogP contribution in [0.15, 0.2) is 42.7 Å². The van der Waals surface area contributed by atoms with Crippen LogP contribution in [0, 0.1) is 11.8 Å². The van der Waals surface area contributed by atoms with E-state index < -0.39 is 0 Å². The van der Waals surface area contributed by atoms with E-state index in [4.69, 9.17) is 0 Å². The van der Waals surface area contributed by atoms with Gasteiger partial charge in [-0.05, 0) is 67.6 Å². The fraction of sp³-hybridized carbons (Fsp3) is 0.304. The molecular formula is C23H21N3O. The van der Waals surface area contributed by atoms with Crippen LogP contribution >= 0.6 is 0 Å². The molecule has 1 fully saturated rings. The number of H-pyrrole nitrogens is 1. The number of benzene rings is 2. The molecule has 2 aliphatic rings. The summed E-state index contributed by atoms with van der Waals surface area (Å²) in [7, 11) is 0. The van der Waals surface area contributed by atoms with Gasteiger partial charge in [-0.1, -0.05) is 12.0 Å². The molecule has 134 valence electrons. The molecular weight excluding hydrogens is 334 g/mol. The first-order chi connectivity index (χ1) is 13.2. The second kappa shape index (κ2) is 6.28. The molecule has 0 spiro atoms. The Morgan fingerprint density at radius 1 is 1.26 bits per heavy atom. The maximum Gasteiger partial charge on any atom is 0.254 e. The van der Waals surface area contributed by atoms with E-state index in [1.807, 2.05) is 25.1 Å². The van der Waals surface area contributed by atoms with Gasteiger partial charge in [-0.2, -0.15) is 0 Å². The van der Waals surface area contributed by atoms with E-state index in [1.165, 1.54) is 11.1 Å². The summed E-state index contributed by atoms with van der Waals surface area (Å²) in [6.45, 7) is 2.70. The molecule has 4 heteroatoms. The van der Waals surface area contributed by atoms with Crippen LogP contribution in [0.1, 0.15) is 52.7 Å². The van der Waals surface area contributed by atoms with Crippen LogP contribution in [-0.4, -0.2) is 33.4 Å². The summed E-state index contributed by atoms with van der Waals surface area (Å²) in [6, 6.07) is 12.5. The van der Waals surface area contributed by atoms with Gasteiger partial charge in [-0.3, -0.25) is 4.79 Å². The Balaban J connectivity index is 1.47. The molecule has 0 saturated carbocycles. The van der Waals surface area contributed by atoms with Gasteiger partial charge in [-0.25, -0.2) is 4.98 Å². The predicted octanol–water partition coefficient (Wildman–Crippen LogP) is 3.88. The molecule has 27 heavy (non-hydrogen) atoms. The maximum atomic E-state index is 13.3. The van der Waals surface area contributed by atoms with Gasteiger partial charge in [0.1, 0.15) is 0 Å². The summed E-state index contributed by atoms with van der Waals surface area (Å²) in [5.74, 6) is 6.70. The average molecular weight is 355 g/mol. The van der Waals surface area contributed by atoms with E-state index in [9.17, 15) is 4.79 Å². The molecule has 1 aromatic heterocycles. The number of carbonyl (C=O) groups is 1. The van der Waals surface area contributed by atoms with Gasteiger partial charge in [0.2, 0.25) is 0 Å². The number of amides is 1. The largest absolute Gasteiger partial charge is 0.345 e. The van der Waals surface area contributed by atoms with Gasteiger partial charge in [-0.15, -0.1) is 5.92 Å². The number of imidazole rings is 1. The van der Waals surface area contributed by atoms with E-state index >= 15 is 0 Å². The lowest BCUT2D eigenvalue weighted by Crippen LogP contribution is -2.46. The Labute approximate surface area is 158 Å². The summed E-state index contributed by atoms with van der Waals surface area (Å²) in [5, 5.41) is 0. The van der Waals surface area contributed by atoms with Gasteiger partial charge in [0, 0.05) is 29.6 Å². The average Bonchev–Trinajstić information content (AvgIpc) is 3.31. The second-order valence-corrected chi connectivity index (χ2v) is 7.44. The Morgan fingerprint density at radius 2 is 2.19 bits per heavy atom. The van der Waals surface area contributed by atoms with Crippen molar-refractivity contribution < 1.29 is 4.79 Å². The number of aromatic amines is 1. The summed E-state index contributed by atoms with van der Waals surface area (Å²) in [6.07, 6.45) is 4.80. The van der Waals surface area contributed by atoms with Gasteiger partial charge >= 0.3 is 0 Å². The quantitative estimate of drug-likeness (QED) is 0.674. The first-order valence-electron chi connectivity index (χ1n) is 9.54. The molecule has 0 bridgehead atoms. The van der Waals surface area contributed by atoms with Crippen molar-refractivity contribution >= 4 is 16.9 Å². The molecule has 1 aliphatic carbocycles. The first kappa shape index (κ1) is 16.1. The zero-order valence-corrected chi connectivity index (χ0v) is 15.3. The van der Waals surface area contributed by atoms with E-state index in [-0.39, 0.29) is 11.9 Å². The van der Waals surface area contributed by atoms with Crippen molar-refractivity contribution in [3.63, 3.8) is 0 Å². The predicted molar refractivity (Wildman–Crippen MR) is 106 cm³/mol. The third-order valence-corrected chi connectivity index (χ3v) is 5.95. The van der Waals surface area contributed by atoms with Crippen molar-refractivity contribution in [1.82, 2.24) is 14.9 Å². The van der Waals surface area contributed by atoms with Crippen LogP contribution in [0.4, 0.5) is 0 Å². The van der Waals surface area contributed by atoms with Gasteiger partial charge in [0.25, 0.3) is 5.91 Å². The Morgan fingerprint density at radius 3 is 3.07 bits per heavy atom. The van der Waals surface area contributed by atoms with E-state index in [0.717, 1.165) is 48.0 Å². The zero-order valence-electron chi connectivity index (χ0n) is 15.3. The molecule has 2 heterocycles. The van der Waals surface area contributed by atoms with Gasteiger partial charge in [0.05, 0.1) is 17.4 Å². The van der Waals surface area contributed by atoms with Crippen LogP contribution in [0.25, 0.3) is 11.0 Å². The van der Waals surface area contributed by atoms with Crippen LogP contribution in [-0.2, 0) is 6.42 Å². The summed E-state index contributed by atoms with van der Waals surface area (Å²) >= 11 is 0. The number of hydrogen-bond acceptors (Lipinski definition) is 2. The zero-order chi connectivity index (χ0) is 18.4. The molecule has 4 nitrogen and oxygen atoms in total. The molecule has 5 rings (SSSR count). The van der Waals surface area contributed by atoms with E-state index in [2.05, 4.69) is 44.9 Å². The second-order valence-electron chi connectivity index (χ2n) is 7.44. The minimum atomic E-state index is 0.127. The maximum absolute atomic E-state index is 13.3. The monoisotopic (exact) mass is 355 g/mol. The highest BCUT2D eigenvalue weighted by Crippen LogP contribution is 2.43. The molecule has 1 unspecified atom stereocenters. The summed E-state index contributed by atoms with van der Waals surface area (Å²) in [5.41, 5.74) is 6.37. The number of carbonyl (C=O) groups excluding carboxylic acids is 1.